The number of hydrogen-bond donors (Lipinski definition) is 1. The zero-order chi connectivity index (χ0) is 16.3. The Labute approximate surface area is 134 Å². The molecule has 7 heteroatoms. The van der Waals surface area contributed by atoms with Crippen LogP contribution in [0.3, 0.4) is 0 Å². The van der Waals surface area contributed by atoms with Crippen LogP contribution in [0, 0.1) is 0 Å². The van der Waals surface area contributed by atoms with Crippen molar-refractivity contribution in [1.29, 1.82) is 0 Å². The van der Waals surface area contributed by atoms with Crippen LogP contribution in [-0.2, 0) is 16.4 Å². The minimum atomic E-state index is -3.58. The summed E-state index contributed by atoms with van der Waals surface area (Å²) in [6.07, 6.45) is 1.86. The molecule has 120 valence electrons. The molecule has 0 spiro atoms. The summed E-state index contributed by atoms with van der Waals surface area (Å²) in [4.78, 5) is 4.13. The molecule has 0 saturated carbocycles. The third-order valence-electron chi connectivity index (χ3n) is 3.45. The largest absolute Gasteiger partial charge is 0.497 e. The van der Waals surface area contributed by atoms with E-state index in [1.807, 2.05) is 24.3 Å². The first kappa shape index (κ1) is 15.5. The van der Waals surface area contributed by atoms with E-state index in [4.69, 9.17) is 9.15 Å². The van der Waals surface area contributed by atoms with E-state index in [2.05, 4.69) is 9.71 Å². The van der Waals surface area contributed by atoms with Gasteiger partial charge < -0.3 is 9.15 Å². The molecule has 0 fully saturated rings. The zero-order valence-corrected chi connectivity index (χ0v) is 13.3. The van der Waals surface area contributed by atoms with Crippen LogP contribution in [0.5, 0.6) is 5.75 Å². The molecule has 1 aromatic heterocycles. The Morgan fingerprint density at radius 3 is 2.91 bits per heavy atom. The summed E-state index contributed by atoms with van der Waals surface area (Å²) < 4.78 is 37.5. The fourth-order valence-corrected chi connectivity index (χ4v) is 3.29. The van der Waals surface area contributed by atoms with E-state index < -0.39 is 10.0 Å². The van der Waals surface area contributed by atoms with Gasteiger partial charge in [0, 0.05) is 12.6 Å². The average Bonchev–Trinajstić information content (AvgIpc) is 3.02. The Kier molecular flexibility index (Phi) is 4.31. The number of nitrogens with one attached hydrogen (secondary N) is 1. The standard InChI is InChI=1S/C16H16N2O4S/c1-21-13-4-2-3-12(9-13)7-8-18-23(19,20)14-5-6-15-16(10-14)22-11-17-15/h2-6,9-11,18H,7-8H2,1H3. The SMILES string of the molecule is COc1cccc(CCNS(=O)(=O)c2ccc3ncoc3c2)c1. The van der Waals surface area contributed by atoms with Crippen LogP contribution in [0.1, 0.15) is 5.56 Å². The summed E-state index contributed by atoms with van der Waals surface area (Å²) in [5.74, 6) is 0.751. The van der Waals surface area contributed by atoms with Gasteiger partial charge in [-0.05, 0) is 36.2 Å². The first-order valence-electron chi connectivity index (χ1n) is 7.04. The number of methoxy groups -OCH3 is 1. The van der Waals surface area contributed by atoms with Crippen LogP contribution < -0.4 is 9.46 Å². The maximum Gasteiger partial charge on any atom is 0.240 e. The molecule has 2 aromatic carbocycles. The Balaban J connectivity index is 1.68. The molecule has 0 aliphatic heterocycles. The number of oxazole rings is 1. The van der Waals surface area contributed by atoms with Crippen LogP contribution in [0.25, 0.3) is 11.1 Å². The first-order valence-corrected chi connectivity index (χ1v) is 8.53. The minimum Gasteiger partial charge on any atom is -0.497 e. The van der Waals surface area contributed by atoms with Gasteiger partial charge in [0.15, 0.2) is 12.0 Å². The van der Waals surface area contributed by atoms with E-state index >= 15 is 0 Å². The highest BCUT2D eigenvalue weighted by atomic mass is 32.2. The highest BCUT2D eigenvalue weighted by molar-refractivity contribution is 7.89. The van der Waals surface area contributed by atoms with Crippen molar-refractivity contribution < 1.29 is 17.6 Å². The summed E-state index contributed by atoms with van der Waals surface area (Å²) in [7, 11) is -1.99. The second kappa shape index (κ2) is 6.39. The fraction of sp³-hybridized carbons (Fsp3) is 0.188. The monoisotopic (exact) mass is 332 g/mol. The molecule has 6 nitrogen and oxygen atoms in total. The summed E-state index contributed by atoms with van der Waals surface area (Å²) in [5, 5.41) is 0. The van der Waals surface area contributed by atoms with Crippen molar-refractivity contribution >= 4 is 21.1 Å². The quantitative estimate of drug-likeness (QED) is 0.749. The Bertz CT molecular complexity index is 918. The van der Waals surface area contributed by atoms with Crippen molar-refractivity contribution in [3.63, 3.8) is 0 Å². The van der Waals surface area contributed by atoms with Gasteiger partial charge in [-0.1, -0.05) is 12.1 Å². The number of hydrogen-bond acceptors (Lipinski definition) is 5. The zero-order valence-electron chi connectivity index (χ0n) is 12.5. The average molecular weight is 332 g/mol. The number of benzene rings is 2. The van der Waals surface area contributed by atoms with Crippen molar-refractivity contribution in [1.82, 2.24) is 9.71 Å². The number of ether oxygens (including phenoxy) is 1. The van der Waals surface area contributed by atoms with Crippen LogP contribution in [0.4, 0.5) is 0 Å². The normalized spacial score (nSPS) is 11.7. The van der Waals surface area contributed by atoms with Gasteiger partial charge in [0.2, 0.25) is 10.0 Å². The Morgan fingerprint density at radius 2 is 2.09 bits per heavy atom. The number of aromatic nitrogens is 1. The molecule has 1 heterocycles. The van der Waals surface area contributed by atoms with Crippen LogP contribution in [0.2, 0.25) is 0 Å². The predicted molar refractivity (Wildman–Crippen MR) is 85.9 cm³/mol. The smallest absolute Gasteiger partial charge is 0.240 e. The second-order valence-electron chi connectivity index (χ2n) is 4.98. The molecular formula is C16H16N2O4S. The first-order chi connectivity index (χ1) is 11.1. The molecule has 3 aromatic rings. The summed E-state index contributed by atoms with van der Waals surface area (Å²) >= 11 is 0. The lowest BCUT2D eigenvalue weighted by molar-refractivity contribution is 0.414. The van der Waals surface area contributed by atoms with Gasteiger partial charge in [0.05, 0.1) is 12.0 Å². The highest BCUT2D eigenvalue weighted by Gasteiger charge is 2.15. The third kappa shape index (κ3) is 3.52. The highest BCUT2D eigenvalue weighted by Crippen LogP contribution is 2.18. The van der Waals surface area contributed by atoms with Crippen molar-refractivity contribution in [2.24, 2.45) is 0 Å². The second-order valence-corrected chi connectivity index (χ2v) is 6.75. The van der Waals surface area contributed by atoms with E-state index in [-0.39, 0.29) is 4.90 Å². The maximum absolute atomic E-state index is 12.3. The minimum absolute atomic E-state index is 0.160. The molecule has 0 bridgehead atoms. The van der Waals surface area contributed by atoms with Gasteiger partial charge in [-0.25, -0.2) is 18.1 Å². The summed E-state index contributed by atoms with van der Waals surface area (Å²) in [6.45, 7) is 0.296. The van der Waals surface area contributed by atoms with E-state index in [0.717, 1.165) is 11.3 Å². The van der Waals surface area contributed by atoms with Gasteiger partial charge in [-0.2, -0.15) is 0 Å². The molecule has 1 N–H and O–H groups in total. The van der Waals surface area contributed by atoms with Crippen molar-refractivity contribution in [3.8, 4) is 5.75 Å². The van der Waals surface area contributed by atoms with Crippen molar-refractivity contribution in [2.75, 3.05) is 13.7 Å². The topological polar surface area (TPSA) is 81.4 Å². The molecular weight excluding hydrogens is 316 g/mol. The van der Waals surface area contributed by atoms with Crippen LogP contribution in [-0.4, -0.2) is 27.1 Å². The Morgan fingerprint density at radius 1 is 1.22 bits per heavy atom. The number of fused-ring (bicyclic) bond motifs is 1. The molecule has 0 radical (unpaired) electrons. The van der Waals surface area contributed by atoms with E-state index in [9.17, 15) is 8.42 Å². The molecule has 0 atom stereocenters. The Hall–Kier alpha value is -2.38. The van der Waals surface area contributed by atoms with E-state index in [1.165, 1.54) is 18.5 Å². The summed E-state index contributed by atoms with van der Waals surface area (Å²) in [6, 6.07) is 12.1. The van der Waals surface area contributed by atoms with Gasteiger partial charge in [-0.15, -0.1) is 0 Å². The van der Waals surface area contributed by atoms with Crippen molar-refractivity contribution in [3.05, 3.63) is 54.4 Å². The fourth-order valence-electron chi connectivity index (χ4n) is 2.24. The molecule has 0 aliphatic rings. The van der Waals surface area contributed by atoms with E-state index in [1.54, 1.807) is 13.2 Å². The predicted octanol–water partition coefficient (Wildman–Crippen LogP) is 2.36. The lowest BCUT2D eigenvalue weighted by Crippen LogP contribution is -2.26. The lowest BCUT2D eigenvalue weighted by Gasteiger charge is -2.07. The molecule has 0 aliphatic carbocycles. The molecule has 23 heavy (non-hydrogen) atoms. The molecule has 0 amide bonds. The molecule has 0 saturated heterocycles. The third-order valence-corrected chi connectivity index (χ3v) is 4.91. The summed E-state index contributed by atoms with van der Waals surface area (Å²) in [5.41, 5.74) is 2.07. The van der Waals surface area contributed by atoms with Gasteiger partial charge in [0.1, 0.15) is 11.3 Å². The van der Waals surface area contributed by atoms with E-state index in [0.29, 0.717) is 24.1 Å². The molecule has 0 unspecified atom stereocenters. The maximum atomic E-state index is 12.3. The number of nitrogens with zero attached hydrogens (tertiary/aromatic N) is 1. The molecule has 3 rings (SSSR count). The number of rotatable bonds is 6. The van der Waals surface area contributed by atoms with Crippen molar-refractivity contribution in [2.45, 2.75) is 11.3 Å². The van der Waals surface area contributed by atoms with Gasteiger partial charge in [0.25, 0.3) is 0 Å². The van der Waals surface area contributed by atoms with Gasteiger partial charge in [-0.3, -0.25) is 0 Å². The van der Waals surface area contributed by atoms with Crippen LogP contribution >= 0.6 is 0 Å². The van der Waals surface area contributed by atoms with Crippen LogP contribution in [0.15, 0.2) is 58.2 Å². The van der Waals surface area contributed by atoms with Gasteiger partial charge >= 0.3 is 0 Å². The number of sulfonamides is 1. The lowest BCUT2D eigenvalue weighted by atomic mass is 10.1.